The lowest BCUT2D eigenvalue weighted by Gasteiger charge is -2.08. The number of benzene rings is 2. The maximum Gasteiger partial charge on any atom is 0.155 e. The van der Waals surface area contributed by atoms with E-state index in [2.05, 4.69) is 24.0 Å². The van der Waals surface area contributed by atoms with E-state index in [-0.39, 0.29) is 0 Å². The van der Waals surface area contributed by atoms with Crippen LogP contribution in [0, 0.1) is 0 Å². The van der Waals surface area contributed by atoms with Gasteiger partial charge in [-0.1, -0.05) is 89.4 Å². The van der Waals surface area contributed by atoms with Crippen molar-refractivity contribution < 1.29 is 14.2 Å². The molecule has 0 radical (unpaired) electrons. The van der Waals surface area contributed by atoms with Gasteiger partial charge >= 0.3 is 0 Å². The molecular weight excluding hydrogens is 480 g/mol. The number of rotatable bonds is 20. The number of aromatic nitrogens is 2. The molecule has 0 saturated carbocycles. The van der Waals surface area contributed by atoms with Crippen molar-refractivity contribution in [3.8, 4) is 27.8 Å². The first-order chi connectivity index (χ1) is 18.3. The summed E-state index contributed by atoms with van der Waals surface area (Å²) in [6.07, 6.45) is 15.2. The van der Waals surface area contributed by atoms with Crippen LogP contribution in [0.4, 0.5) is 0 Å². The van der Waals surface area contributed by atoms with Gasteiger partial charge in [0.25, 0.3) is 0 Å². The minimum absolute atomic E-state index is 0.398. The maximum absolute atomic E-state index is 5.91. The van der Waals surface area contributed by atoms with Crippen molar-refractivity contribution in [1.82, 2.24) is 10.2 Å². The summed E-state index contributed by atoms with van der Waals surface area (Å²) in [5.41, 5.74) is 1.04. The normalized spacial score (nSPS) is 11.0. The van der Waals surface area contributed by atoms with Crippen LogP contribution in [-0.2, 0) is 6.61 Å². The van der Waals surface area contributed by atoms with Gasteiger partial charge in [0.05, 0.1) is 13.2 Å². The van der Waals surface area contributed by atoms with Crippen LogP contribution < -0.4 is 14.2 Å². The Labute approximate surface area is 227 Å². The maximum atomic E-state index is 5.91. The highest BCUT2D eigenvalue weighted by atomic mass is 32.1. The van der Waals surface area contributed by atoms with E-state index in [9.17, 15) is 0 Å². The van der Waals surface area contributed by atoms with Crippen molar-refractivity contribution >= 4 is 11.3 Å². The summed E-state index contributed by atoms with van der Waals surface area (Å²) in [5.74, 6) is 2.60. The quantitative estimate of drug-likeness (QED) is 0.138. The zero-order valence-electron chi connectivity index (χ0n) is 22.8. The Morgan fingerprint density at radius 3 is 1.54 bits per heavy atom. The first-order valence-electron chi connectivity index (χ1n) is 14.2. The molecule has 0 amide bonds. The summed E-state index contributed by atoms with van der Waals surface area (Å²) in [7, 11) is 0. The highest BCUT2D eigenvalue weighted by molar-refractivity contribution is 7.14. The molecule has 0 aliphatic rings. The van der Waals surface area contributed by atoms with Crippen LogP contribution in [0.3, 0.4) is 0 Å². The first kappa shape index (κ1) is 29.0. The van der Waals surface area contributed by atoms with E-state index in [1.807, 2.05) is 48.5 Å². The van der Waals surface area contributed by atoms with Crippen LogP contribution in [0.1, 0.15) is 95.9 Å². The Hall–Kier alpha value is -2.60. The fourth-order valence-electron chi connectivity index (χ4n) is 4.04. The van der Waals surface area contributed by atoms with Gasteiger partial charge < -0.3 is 14.2 Å². The molecule has 3 rings (SSSR count). The standard InChI is InChI=1S/C31H44N2O3S/c1-3-5-7-9-11-13-23-34-27-17-15-26(16-18-27)31-33-32-30(37-31)25-36-29-21-19-28(20-22-29)35-24-14-12-10-8-6-4-2/h15-22H,3-14,23-25H2,1-2H3. The molecule has 0 unspecified atom stereocenters. The van der Waals surface area contributed by atoms with Crippen molar-refractivity contribution in [3.63, 3.8) is 0 Å². The zero-order valence-corrected chi connectivity index (χ0v) is 23.6. The molecular formula is C31H44N2O3S. The van der Waals surface area contributed by atoms with Gasteiger partial charge in [-0.3, -0.25) is 0 Å². The van der Waals surface area contributed by atoms with Gasteiger partial charge in [-0.05, 0) is 61.4 Å². The van der Waals surface area contributed by atoms with Gasteiger partial charge in [0.15, 0.2) is 5.01 Å². The van der Waals surface area contributed by atoms with Gasteiger partial charge in [0, 0.05) is 5.56 Å². The van der Waals surface area contributed by atoms with Crippen LogP contribution >= 0.6 is 11.3 Å². The number of unbranched alkanes of at least 4 members (excludes halogenated alkanes) is 10. The Kier molecular flexibility index (Phi) is 13.9. The SMILES string of the molecule is CCCCCCCCOc1ccc(OCc2nnc(-c3ccc(OCCCCCCCC)cc3)s2)cc1. The van der Waals surface area contributed by atoms with Crippen molar-refractivity contribution in [3.05, 3.63) is 53.5 Å². The third-order valence-electron chi connectivity index (χ3n) is 6.29. The fraction of sp³-hybridized carbons (Fsp3) is 0.548. The van der Waals surface area contributed by atoms with Crippen LogP contribution in [0.5, 0.6) is 17.2 Å². The Balaban J connectivity index is 1.34. The lowest BCUT2D eigenvalue weighted by atomic mass is 10.1. The molecule has 37 heavy (non-hydrogen) atoms. The average Bonchev–Trinajstić information content (AvgIpc) is 3.41. The Bertz CT molecular complexity index is 973. The van der Waals surface area contributed by atoms with E-state index in [4.69, 9.17) is 14.2 Å². The largest absolute Gasteiger partial charge is 0.494 e. The summed E-state index contributed by atoms with van der Waals surface area (Å²) in [4.78, 5) is 0. The second-order valence-corrected chi connectivity index (χ2v) is 10.6. The van der Waals surface area contributed by atoms with Crippen LogP contribution in [0.15, 0.2) is 48.5 Å². The molecule has 1 heterocycles. The van der Waals surface area contributed by atoms with Gasteiger partial charge in [-0.25, -0.2) is 0 Å². The molecule has 0 fully saturated rings. The first-order valence-corrected chi connectivity index (χ1v) is 15.0. The molecule has 2 aromatic carbocycles. The molecule has 0 spiro atoms. The van der Waals surface area contributed by atoms with E-state index in [0.717, 1.165) is 58.9 Å². The number of nitrogens with zero attached hydrogens (tertiary/aromatic N) is 2. The molecule has 5 nitrogen and oxygen atoms in total. The Morgan fingerprint density at radius 1 is 0.541 bits per heavy atom. The molecule has 0 saturated heterocycles. The molecule has 3 aromatic rings. The van der Waals surface area contributed by atoms with Crippen molar-refractivity contribution in [2.24, 2.45) is 0 Å². The molecule has 0 atom stereocenters. The summed E-state index contributed by atoms with van der Waals surface area (Å²) in [6.45, 7) is 6.44. The molecule has 1 aromatic heterocycles. The summed E-state index contributed by atoms with van der Waals surface area (Å²) in [5, 5.41) is 10.4. The fourth-order valence-corrected chi connectivity index (χ4v) is 4.80. The third-order valence-corrected chi connectivity index (χ3v) is 7.23. The molecule has 202 valence electrons. The van der Waals surface area contributed by atoms with Crippen molar-refractivity contribution in [1.29, 1.82) is 0 Å². The Morgan fingerprint density at radius 2 is 1.00 bits per heavy atom. The minimum atomic E-state index is 0.398. The smallest absolute Gasteiger partial charge is 0.155 e. The van der Waals surface area contributed by atoms with Gasteiger partial charge in [0.1, 0.15) is 28.9 Å². The second kappa shape index (κ2) is 17.8. The zero-order chi connectivity index (χ0) is 26.0. The molecule has 0 bridgehead atoms. The van der Waals surface area contributed by atoms with Gasteiger partial charge in [-0.2, -0.15) is 0 Å². The summed E-state index contributed by atoms with van der Waals surface area (Å²) < 4.78 is 17.7. The minimum Gasteiger partial charge on any atom is -0.494 e. The summed E-state index contributed by atoms with van der Waals surface area (Å²) >= 11 is 1.55. The van der Waals surface area contributed by atoms with E-state index in [1.165, 1.54) is 64.2 Å². The monoisotopic (exact) mass is 524 g/mol. The average molecular weight is 525 g/mol. The third kappa shape index (κ3) is 11.5. The number of ether oxygens (including phenoxy) is 3. The van der Waals surface area contributed by atoms with Gasteiger partial charge in [0.2, 0.25) is 0 Å². The van der Waals surface area contributed by atoms with Crippen LogP contribution in [0.25, 0.3) is 10.6 Å². The predicted octanol–water partition coefficient (Wildman–Crippen LogP) is 9.26. The van der Waals surface area contributed by atoms with Gasteiger partial charge in [-0.15, -0.1) is 10.2 Å². The molecule has 0 N–H and O–H groups in total. The highest BCUT2D eigenvalue weighted by Gasteiger charge is 2.08. The lowest BCUT2D eigenvalue weighted by molar-refractivity contribution is 0.296. The number of hydrogen-bond acceptors (Lipinski definition) is 6. The van der Waals surface area contributed by atoms with Crippen LogP contribution in [0.2, 0.25) is 0 Å². The van der Waals surface area contributed by atoms with Crippen molar-refractivity contribution in [2.75, 3.05) is 13.2 Å². The topological polar surface area (TPSA) is 53.5 Å². The number of hydrogen-bond donors (Lipinski definition) is 0. The molecule has 6 heteroatoms. The summed E-state index contributed by atoms with van der Waals surface area (Å²) in [6, 6.07) is 15.9. The van der Waals surface area contributed by atoms with Crippen LogP contribution in [-0.4, -0.2) is 23.4 Å². The highest BCUT2D eigenvalue weighted by Crippen LogP contribution is 2.27. The van der Waals surface area contributed by atoms with Crippen molar-refractivity contribution in [2.45, 2.75) is 97.5 Å². The van der Waals surface area contributed by atoms with E-state index >= 15 is 0 Å². The van der Waals surface area contributed by atoms with E-state index in [0.29, 0.717) is 6.61 Å². The lowest BCUT2D eigenvalue weighted by Crippen LogP contribution is -1.98. The predicted molar refractivity (Wildman–Crippen MR) is 154 cm³/mol. The molecule has 0 aliphatic heterocycles. The molecule has 0 aliphatic carbocycles. The van der Waals surface area contributed by atoms with E-state index < -0.39 is 0 Å². The van der Waals surface area contributed by atoms with E-state index in [1.54, 1.807) is 11.3 Å². The second-order valence-electron chi connectivity index (χ2n) is 9.52.